The number of likely N-dealkylation sites (tertiary alicyclic amines) is 1. The van der Waals surface area contributed by atoms with Gasteiger partial charge in [-0.25, -0.2) is 0 Å². The second-order valence-electron chi connectivity index (χ2n) is 8.34. The molecule has 34 heavy (non-hydrogen) atoms. The maximum atomic E-state index is 13.2. The van der Waals surface area contributed by atoms with E-state index in [1.54, 1.807) is 36.7 Å². The Labute approximate surface area is 196 Å². The molecule has 2 aliphatic heterocycles. The largest absolute Gasteiger partial charge is 0.507 e. The van der Waals surface area contributed by atoms with Crippen molar-refractivity contribution in [3.8, 4) is 11.5 Å². The molecule has 5 rings (SSSR count). The number of pyridine rings is 1. The Morgan fingerprint density at radius 1 is 1.09 bits per heavy atom. The van der Waals surface area contributed by atoms with Gasteiger partial charge in [-0.2, -0.15) is 0 Å². The Hall–Kier alpha value is -4.33. The van der Waals surface area contributed by atoms with Crippen molar-refractivity contribution in [2.45, 2.75) is 12.6 Å². The van der Waals surface area contributed by atoms with E-state index in [1.807, 2.05) is 49.3 Å². The van der Waals surface area contributed by atoms with Gasteiger partial charge in [-0.05, 0) is 47.5 Å². The first-order valence-electron chi connectivity index (χ1n) is 10.8. The van der Waals surface area contributed by atoms with E-state index in [0.29, 0.717) is 17.1 Å². The molecule has 0 aliphatic carbocycles. The van der Waals surface area contributed by atoms with E-state index in [-0.39, 0.29) is 24.7 Å². The molecule has 1 N–H and O–H groups in total. The number of aliphatic hydroxyl groups is 1. The molecule has 0 spiro atoms. The lowest BCUT2D eigenvalue weighted by Crippen LogP contribution is -2.29. The van der Waals surface area contributed by atoms with Gasteiger partial charge >= 0.3 is 0 Å². The number of Topliss-reactive ketones (excluding diaryl/α,β-unsaturated/α-hetero) is 1. The number of amides is 1. The molecule has 1 amide bonds. The van der Waals surface area contributed by atoms with Crippen LogP contribution in [0.3, 0.4) is 0 Å². The van der Waals surface area contributed by atoms with Crippen molar-refractivity contribution >= 4 is 23.1 Å². The van der Waals surface area contributed by atoms with E-state index in [4.69, 9.17) is 9.47 Å². The second-order valence-corrected chi connectivity index (χ2v) is 8.34. The lowest BCUT2D eigenvalue weighted by atomic mass is 9.95. The fourth-order valence-electron chi connectivity index (χ4n) is 4.23. The molecule has 2 aromatic carbocycles. The van der Waals surface area contributed by atoms with Gasteiger partial charge in [-0.3, -0.25) is 14.6 Å². The zero-order valence-corrected chi connectivity index (χ0v) is 18.8. The number of aliphatic hydroxyl groups excluding tert-OH is 1. The molecule has 172 valence electrons. The highest BCUT2D eigenvalue weighted by molar-refractivity contribution is 6.46. The Balaban J connectivity index is 1.63. The average Bonchev–Trinajstić information content (AvgIpc) is 3.42. The normalized spacial score (nSPS) is 18.4. The molecule has 1 unspecified atom stereocenters. The van der Waals surface area contributed by atoms with Crippen LogP contribution in [0.2, 0.25) is 0 Å². The van der Waals surface area contributed by atoms with Crippen LogP contribution in [0.15, 0.2) is 72.6 Å². The number of benzene rings is 2. The van der Waals surface area contributed by atoms with E-state index in [9.17, 15) is 14.7 Å². The fourth-order valence-corrected chi connectivity index (χ4v) is 4.23. The standard InChI is InChI=1S/C26H23N3O5/c1-28(2)19-8-5-17(6-9-19)23-22(24(30)18-7-10-20-21(12-18)34-15-33-20)25(31)26(32)29(23)14-16-4-3-11-27-13-16/h3-13,23,30H,14-15H2,1-2H3/b24-22-. The van der Waals surface area contributed by atoms with Crippen LogP contribution in [0.25, 0.3) is 5.76 Å². The molecule has 0 bridgehead atoms. The van der Waals surface area contributed by atoms with Crippen LogP contribution in [0.1, 0.15) is 22.7 Å². The second kappa shape index (κ2) is 8.55. The summed E-state index contributed by atoms with van der Waals surface area (Å²) in [4.78, 5) is 33.9. The van der Waals surface area contributed by atoms with E-state index in [0.717, 1.165) is 16.8 Å². The molecule has 3 heterocycles. The number of ether oxygens (including phenoxy) is 2. The predicted molar refractivity (Wildman–Crippen MR) is 125 cm³/mol. The summed E-state index contributed by atoms with van der Waals surface area (Å²) in [6.45, 7) is 0.268. The van der Waals surface area contributed by atoms with Crippen molar-refractivity contribution in [2.75, 3.05) is 25.8 Å². The number of rotatable bonds is 5. The predicted octanol–water partition coefficient (Wildman–Crippen LogP) is 3.50. The van der Waals surface area contributed by atoms with Crippen LogP contribution in [0.4, 0.5) is 5.69 Å². The van der Waals surface area contributed by atoms with Gasteiger partial charge in [0.15, 0.2) is 11.5 Å². The zero-order chi connectivity index (χ0) is 23.8. The van der Waals surface area contributed by atoms with Crippen LogP contribution < -0.4 is 14.4 Å². The van der Waals surface area contributed by atoms with Gasteiger partial charge in [0, 0.05) is 44.3 Å². The van der Waals surface area contributed by atoms with Gasteiger partial charge in [-0.15, -0.1) is 0 Å². The smallest absolute Gasteiger partial charge is 0.295 e. The van der Waals surface area contributed by atoms with Crippen molar-refractivity contribution in [3.05, 3.63) is 89.3 Å². The van der Waals surface area contributed by atoms with E-state index in [1.165, 1.54) is 4.90 Å². The Kier molecular flexibility index (Phi) is 5.41. The molecule has 1 aromatic heterocycles. The minimum Gasteiger partial charge on any atom is -0.507 e. The van der Waals surface area contributed by atoms with Gasteiger partial charge in [0.1, 0.15) is 5.76 Å². The Morgan fingerprint density at radius 3 is 2.56 bits per heavy atom. The SMILES string of the molecule is CN(C)c1ccc(C2/C(=C(/O)c3ccc4c(c3)OCO4)C(=O)C(=O)N2Cc2cccnc2)cc1. The summed E-state index contributed by atoms with van der Waals surface area (Å²) in [5, 5.41) is 11.3. The number of hydrogen-bond donors (Lipinski definition) is 1. The zero-order valence-electron chi connectivity index (χ0n) is 18.8. The van der Waals surface area contributed by atoms with Crippen molar-refractivity contribution in [1.29, 1.82) is 0 Å². The first kappa shape index (κ1) is 21.5. The number of anilines is 1. The summed E-state index contributed by atoms with van der Waals surface area (Å²) in [5.74, 6) is -0.634. The van der Waals surface area contributed by atoms with Gasteiger partial charge < -0.3 is 24.4 Å². The third kappa shape index (κ3) is 3.73. The summed E-state index contributed by atoms with van der Waals surface area (Å²) >= 11 is 0. The van der Waals surface area contributed by atoms with Crippen molar-refractivity contribution in [3.63, 3.8) is 0 Å². The molecule has 2 aliphatic rings. The molecular formula is C26H23N3O5. The number of fused-ring (bicyclic) bond motifs is 1. The Bertz CT molecular complexity index is 1290. The van der Waals surface area contributed by atoms with Gasteiger partial charge in [0.25, 0.3) is 11.7 Å². The first-order chi connectivity index (χ1) is 16.4. The molecule has 8 nitrogen and oxygen atoms in total. The lowest BCUT2D eigenvalue weighted by Gasteiger charge is -2.26. The summed E-state index contributed by atoms with van der Waals surface area (Å²) < 4.78 is 10.8. The quantitative estimate of drug-likeness (QED) is 0.356. The van der Waals surface area contributed by atoms with Gasteiger partial charge in [0.05, 0.1) is 11.6 Å². The number of aromatic nitrogens is 1. The molecule has 1 saturated heterocycles. The van der Waals surface area contributed by atoms with Crippen LogP contribution >= 0.6 is 0 Å². The number of ketones is 1. The van der Waals surface area contributed by atoms with Crippen molar-refractivity contribution in [2.24, 2.45) is 0 Å². The van der Waals surface area contributed by atoms with E-state index in [2.05, 4.69) is 4.98 Å². The number of nitrogens with zero attached hydrogens (tertiary/aromatic N) is 3. The summed E-state index contributed by atoms with van der Waals surface area (Å²) in [7, 11) is 3.87. The minimum atomic E-state index is -0.762. The molecule has 3 aromatic rings. The Morgan fingerprint density at radius 2 is 1.85 bits per heavy atom. The van der Waals surface area contributed by atoms with Crippen LogP contribution in [-0.4, -0.2) is 47.6 Å². The molecule has 8 heteroatoms. The van der Waals surface area contributed by atoms with Crippen LogP contribution in [0, 0.1) is 0 Å². The van der Waals surface area contributed by atoms with E-state index < -0.39 is 17.7 Å². The number of hydrogen-bond acceptors (Lipinski definition) is 7. The highest BCUT2D eigenvalue weighted by Gasteiger charge is 2.46. The van der Waals surface area contributed by atoms with Crippen molar-refractivity contribution in [1.82, 2.24) is 9.88 Å². The van der Waals surface area contributed by atoms with Crippen LogP contribution in [-0.2, 0) is 16.1 Å². The first-order valence-corrected chi connectivity index (χ1v) is 10.8. The fraction of sp³-hybridized carbons (Fsp3) is 0.192. The van der Waals surface area contributed by atoms with Gasteiger partial charge in [-0.1, -0.05) is 18.2 Å². The summed E-state index contributed by atoms with van der Waals surface area (Å²) in [5.41, 5.74) is 2.88. The van der Waals surface area contributed by atoms with Gasteiger partial charge in [0.2, 0.25) is 6.79 Å². The third-order valence-corrected chi connectivity index (χ3v) is 5.99. The maximum Gasteiger partial charge on any atom is 0.295 e. The maximum absolute atomic E-state index is 13.2. The number of carbonyl (C=O) groups is 2. The summed E-state index contributed by atoms with van der Waals surface area (Å²) in [6, 6.07) is 15.4. The molecule has 0 saturated carbocycles. The van der Waals surface area contributed by atoms with Crippen LogP contribution in [0.5, 0.6) is 11.5 Å². The van der Waals surface area contributed by atoms with E-state index >= 15 is 0 Å². The number of carbonyl (C=O) groups excluding carboxylic acids is 2. The molecular weight excluding hydrogens is 434 g/mol. The highest BCUT2D eigenvalue weighted by atomic mass is 16.7. The highest BCUT2D eigenvalue weighted by Crippen LogP contribution is 2.42. The lowest BCUT2D eigenvalue weighted by molar-refractivity contribution is -0.140. The molecule has 0 radical (unpaired) electrons. The monoisotopic (exact) mass is 457 g/mol. The molecule has 1 fully saturated rings. The average molecular weight is 457 g/mol. The van der Waals surface area contributed by atoms with Crippen molar-refractivity contribution < 1.29 is 24.2 Å². The third-order valence-electron chi connectivity index (χ3n) is 5.99. The topological polar surface area (TPSA) is 92.2 Å². The molecule has 1 atom stereocenters. The summed E-state index contributed by atoms with van der Waals surface area (Å²) in [6.07, 6.45) is 3.30. The minimum absolute atomic E-state index is 0.0327.